The monoisotopic (exact) mass is 203 g/mol. The molecular weight excluding hydrogens is 190 g/mol. The summed E-state index contributed by atoms with van der Waals surface area (Å²) in [6.07, 6.45) is 2.55. The van der Waals surface area contributed by atoms with E-state index >= 15 is 0 Å². The summed E-state index contributed by atoms with van der Waals surface area (Å²) in [4.78, 5) is 13.7. The Labute approximate surface area is 83.0 Å². The van der Waals surface area contributed by atoms with Crippen LogP contribution in [0.5, 0.6) is 0 Å². The van der Waals surface area contributed by atoms with Crippen LogP contribution < -0.4 is 0 Å². The van der Waals surface area contributed by atoms with Crippen molar-refractivity contribution in [2.24, 2.45) is 5.41 Å². The predicted molar refractivity (Wildman–Crippen MR) is 49.8 cm³/mol. The molecule has 1 aliphatic carbocycles. The largest absolute Gasteiger partial charge is 0.468 e. The standard InChI is InChI=1S/C9H14ClNO2/c1-13-8(12)9(4-10)5-11(6-9)7-2-3-7/h7H,2-6H2,1H3. The van der Waals surface area contributed by atoms with Gasteiger partial charge < -0.3 is 4.74 Å². The van der Waals surface area contributed by atoms with Gasteiger partial charge in [0.2, 0.25) is 0 Å². The molecule has 0 radical (unpaired) electrons. The summed E-state index contributed by atoms with van der Waals surface area (Å²) in [6, 6.07) is 0.723. The molecule has 74 valence electrons. The average Bonchev–Trinajstić information content (AvgIpc) is 2.86. The van der Waals surface area contributed by atoms with Gasteiger partial charge in [-0.3, -0.25) is 9.69 Å². The van der Waals surface area contributed by atoms with Gasteiger partial charge in [0.25, 0.3) is 0 Å². The number of methoxy groups -OCH3 is 1. The zero-order valence-electron chi connectivity index (χ0n) is 7.75. The van der Waals surface area contributed by atoms with Crippen molar-refractivity contribution in [3.8, 4) is 0 Å². The van der Waals surface area contributed by atoms with Crippen LogP contribution in [0, 0.1) is 5.41 Å². The van der Waals surface area contributed by atoms with Gasteiger partial charge in [0, 0.05) is 25.0 Å². The maximum Gasteiger partial charge on any atom is 0.315 e. The van der Waals surface area contributed by atoms with Crippen LogP contribution >= 0.6 is 11.6 Å². The van der Waals surface area contributed by atoms with Gasteiger partial charge in [-0.05, 0) is 12.8 Å². The molecule has 0 atom stereocenters. The third-order valence-electron chi connectivity index (χ3n) is 2.95. The number of carbonyl (C=O) groups is 1. The fraction of sp³-hybridized carbons (Fsp3) is 0.889. The van der Waals surface area contributed by atoms with Crippen molar-refractivity contribution in [2.75, 3.05) is 26.1 Å². The number of alkyl halides is 1. The number of rotatable bonds is 3. The van der Waals surface area contributed by atoms with Gasteiger partial charge in [-0.2, -0.15) is 0 Å². The Morgan fingerprint density at radius 1 is 1.62 bits per heavy atom. The molecule has 1 heterocycles. The molecule has 2 rings (SSSR count). The van der Waals surface area contributed by atoms with E-state index in [0.29, 0.717) is 5.88 Å². The first-order valence-corrected chi connectivity index (χ1v) is 5.14. The summed E-state index contributed by atoms with van der Waals surface area (Å²) >= 11 is 5.80. The molecule has 3 nitrogen and oxygen atoms in total. The molecule has 1 aliphatic heterocycles. The van der Waals surface area contributed by atoms with Gasteiger partial charge >= 0.3 is 5.97 Å². The molecule has 13 heavy (non-hydrogen) atoms. The van der Waals surface area contributed by atoms with E-state index in [-0.39, 0.29) is 5.97 Å². The lowest BCUT2D eigenvalue weighted by atomic mass is 9.81. The minimum atomic E-state index is -0.404. The first-order valence-electron chi connectivity index (χ1n) is 4.60. The Hall–Kier alpha value is -0.280. The molecule has 0 bridgehead atoms. The van der Waals surface area contributed by atoms with Gasteiger partial charge in [-0.1, -0.05) is 0 Å². The Bertz CT molecular complexity index is 222. The second-order valence-corrected chi connectivity index (χ2v) is 4.31. The number of halogens is 1. The van der Waals surface area contributed by atoms with Crippen LogP contribution in [0.1, 0.15) is 12.8 Å². The maximum atomic E-state index is 11.4. The smallest absolute Gasteiger partial charge is 0.315 e. The van der Waals surface area contributed by atoms with E-state index in [2.05, 4.69) is 4.90 Å². The van der Waals surface area contributed by atoms with Crippen LogP contribution in [0.3, 0.4) is 0 Å². The molecule has 0 unspecified atom stereocenters. The molecule has 1 saturated carbocycles. The molecular formula is C9H14ClNO2. The molecule has 2 aliphatic rings. The first-order chi connectivity index (χ1) is 6.22. The van der Waals surface area contributed by atoms with E-state index in [0.717, 1.165) is 19.1 Å². The van der Waals surface area contributed by atoms with Crippen LogP contribution in [-0.2, 0) is 9.53 Å². The third kappa shape index (κ3) is 1.44. The van der Waals surface area contributed by atoms with E-state index in [9.17, 15) is 4.79 Å². The van der Waals surface area contributed by atoms with E-state index < -0.39 is 5.41 Å². The topological polar surface area (TPSA) is 29.5 Å². The second-order valence-electron chi connectivity index (χ2n) is 4.04. The zero-order valence-corrected chi connectivity index (χ0v) is 8.51. The number of nitrogens with zero attached hydrogens (tertiary/aromatic N) is 1. The second kappa shape index (κ2) is 3.14. The van der Waals surface area contributed by atoms with Crippen molar-refractivity contribution in [2.45, 2.75) is 18.9 Å². The number of hydrogen-bond acceptors (Lipinski definition) is 3. The lowest BCUT2D eigenvalue weighted by Gasteiger charge is -2.47. The lowest BCUT2D eigenvalue weighted by Crippen LogP contribution is -2.62. The third-order valence-corrected chi connectivity index (χ3v) is 3.46. The van der Waals surface area contributed by atoms with Crippen LogP contribution in [0.15, 0.2) is 0 Å². The molecule has 0 spiro atoms. The zero-order chi connectivity index (χ0) is 9.47. The van der Waals surface area contributed by atoms with Gasteiger partial charge in [-0.15, -0.1) is 11.6 Å². The summed E-state index contributed by atoms with van der Waals surface area (Å²) in [5.41, 5.74) is -0.404. The summed E-state index contributed by atoms with van der Waals surface area (Å²) < 4.78 is 4.75. The Balaban J connectivity index is 1.93. The van der Waals surface area contributed by atoms with E-state index in [1.54, 1.807) is 0 Å². The lowest BCUT2D eigenvalue weighted by molar-refractivity contribution is -0.162. The number of likely N-dealkylation sites (tertiary alicyclic amines) is 1. The highest BCUT2D eigenvalue weighted by Gasteiger charge is 2.53. The van der Waals surface area contributed by atoms with E-state index in [1.165, 1.54) is 20.0 Å². The summed E-state index contributed by atoms with van der Waals surface area (Å²) in [7, 11) is 1.43. The van der Waals surface area contributed by atoms with Crippen molar-refractivity contribution < 1.29 is 9.53 Å². The minimum absolute atomic E-state index is 0.153. The summed E-state index contributed by atoms with van der Waals surface area (Å²) in [6.45, 7) is 1.57. The highest BCUT2D eigenvalue weighted by molar-refractivity contribution is 6.20. The van der Waals surface area contributed by atoms with E-state index in [1.807, 2.05) is 0 Å². The molecule has 0 aromatic heterocycles. The molecule has 0 aromatic carbocycles. The maximum absolute atomic E-state index is 11.4. The normalized spacial score (nSPS) is 26.6. The van der Waals surface area contributed by atoms with Crippen LogP contribution in [0.25, 0.3) is 0 Å². The summed E-state index contributed by atoms with van der Waals surface area (Å²) in [5.74, 6) is 0.225. The Kier molecular flexibility index (Phi) is 2.24. The van der Waals surface area contributed by atoms with Gasteiger partial charge in [0.1, 0.15) is 5.41 Å². The van der Waals surface area contributed by atoms with Gasteiger partial charge in [-0.25, -0.2) is 0 Å². The molecule has 2 fully saturated rings. The first kappa shape index (κ1) is 9.28. The minimum Gasteiger partial charge on any atom is -0.468 e. The van der Waals surface area contributed by atoms with Crippen molar-refractivity contribution in [3.63, 3.8) is 0 Å². The molecule has 0 N–H and O–H groups in total. The molecule has 4 heteroatoms. The molecule has 0 amide bonds. The van der Waals surface area contributed by atoms with Gasteiger partial charge in [0.05, 0.1) is 7.11 Å². The predicted octanol–water partition coefficient (Wildman–Crippen LogP) is 0.863. The average molecular weight is 204 g/mol. The summed E-state index contributed by atoms with van der Waals surface area (Å²) in [5, 5.41) is 0. The quantitative estimate of drug-likeness (QED) is 0.504. The Morgan fingerprint density at radius 3 is 2.62 bits per heavy atom. The molecule has 1 saturated heterocycles. The van der Waals surface area contributed by atoms with Gasteiger partial charge in [0.15, 0.2) is 0 Å². The number of ether oxygens (including phenoxy) is 1. The van der Waals surface area contributed by atoms with Crippen LogP contribution in [0.2, 0.25) is 0 Å². The van der Waals surface area contributed by atoms with Crippen LogP contribution in [0.4, 0.5) is 0 Å². The van der Waals surface area contributed by atoms with Crippen molar-refractivity contribution >= 4 is 17.6 Å². The number of esters is 1. The van der Waals surface area contributed by atoms with Crippen molar-refractivity contribution in [1.29, 1.82) is 0 Å². The number of carbonyl (C=O) groups excluding carboxylic acids is 1. The molecule has 0 aromatic rings. The van der Waals surface area contributed by atoms with Crippen molar-refractivity contribution in [1.82, 2.24) is 4.90 Å². The highest BCUT2D eigenvalue weighted by Crippen LogP contribution is 2.40. The van der Waals surface area contributed by atoms with E-state index in [4.69, 9.17) is 16.3 Å². The van der Waals surface area contributed by atoms with Crippen LogP contribution in [-0.4, -0.2) is 43.0 Å². The fourth-order valence-corrected chi connectivity index (χ4v) is 2.19. The van der Waals surface area contributed by atoms with Crippen molar-refractivity contribution in [3.05, 3.63) is 0 Å². The SMILES string of the molecule is COC(=O)C1(CCl)CN(C2CC2)C1. The Morgan fingerprint density at radius 2 is 2.23 bits per heavy atom. The fourth-order valence-electron chi connectivity index (χ4n) is 1.91. The highest BCUT2D eigenvalue weighted by atomic mass is 35.5. The number of hydrogen-bond donors (Lipinski definition) is 0.